The number of nitrogens with one attached hydrogen (secondary N) is 1. The Labute approximate surface area is 205 Å². The van der Waals surface area contributed by atoms with Crippen LogP contribution in [0.5, 0.6) is 0 Å². The van der Waals surface area contributed by atoms with Crippen molar-refractivity contribution >= 4 is 34.8 Å². The van der Waals surface area contributed by atoms with E-state index in [2.05, 4.69) is 24.7 Å². The van der Waals surface area contributed by atoms with E-state index in [9.17, 15) is 14.4 Å². The van der Waals surface area contributed by atoms with Crippen LogP contribution in [0.1, 0.15) is 31.1 Å². The summed E-state index contributed by atoms with van der Waals surface area (Å²) in [5.41, 5.74) is 8.68. The van der Waals surface area contributed by atoms with E-state index in [-0.39, 0.29) is 11.5 Å². The number of nitrogens with two attached hydrogens (primary N) is 1. The first-order valence-electron chi connectivity index (χ1n) is 11.3. The molecule has 2 aromatic carbocycles. The Balaban J connectivity index is 1.24. The molecule has 0 bridgehead atoms. The molecular formula is C25H23N7O4. The molecule has 11 nitrogen and oxygen atoms in total. The van der Waals surface area contributed by atoms with E-state index in [0.29, 0.717) is 60.1 Å². The van der Waals surface area contributed by atoms with Gasteiger partial charge in [0, 0.05) is 49.7 Å². The Hall–Kier alpha value is -4.80. The third kappa shape index (κ3) is 4.33. The number of primary amides is 1. The number of carbonyl (C=O) groups excluding carboxylic acids is 3. The minimum atomic E-state index is -0.538. The van der Waals surface area contributed by atoms with Crippen LogP contribution < -0.4 is 10.6 Å². The molecule has 0 unspecified atom stereocenters. The highest BCUT2D eigenvalue weighted by atomic mass is 16.5. The van der Waals surface area contributed by atoms with Crippen molar-refractivity contribution in [2.75, 3.05) is 38.2 Å². The number of aromatic nitrogens is 4. The summed E-state index contributed by atoms with van der Waals surface area (Å²) in [4.78, 5) is 56.3. The lowest BCUT2D eigenvalue weighted by Gasteiger charge is -2.34. The number of hydrogen-bond acceptors (Lipinski definition) is 8. The predicted octanol–water partition coefficient (Wildman–Crippen LogP) is 1.87. The number of esters is 1. The first-order valence-corrected chi connectivity index (χ1v) is 11.3. The number of amides is 2. The quantitative estimate of drug-likeness (QED) is 0.407. The second-order valence-electron chi connectivity index (χ2n) is 8.27. The molecule has 0 saturated carbocycles. The summed E-state index contributed by atoms with van der Waals surface area (Å²) in [6.07, 6.45) is 2.87. The molecule has 3 N–H and O–H groups in total. The average Bonchev–Trinajstić information content (AvgIpc) is 3.37. The summed E-state index contributed by atoms with van der Waals surface area (Å²) >= 11 is 0. The maximum absolute atomic E-state index is 13.1. The molecule has 0 aliphatic carbocycles. The van der Waals surface area contributed by atoms with Gasteiger partial charge in [0.15, 0.2) is 0 Å². The van der Waals surface area contributed by atoms with Gasteiger partial charge in [0.1, 0.15) is 11.3 Å². The van der Waals surface area contributed by atoms with Gasteiger partial charge in [-0.05, 0) is 24.3 Å². The molecule has 0 atom stereocenters. The molecule has 5 rings (SSSR count). The lowest BCUT2D eigenvalue weighted by molar-refractivity contribution is 0.0599. The van der Waals surface area contributed by atoms with Gasteiger partial charge in [0.2, 0.25) is 5.95 Å². The van der Waals surface area contributed by atoms with Crippen molar-refractivity contribution in [2.24, 2.45) is 5.73 Å². The second-order valence-corrected chi connectivity index (χ2v) is 8.27. The van der Waals surface area contributed by atoms with E-state index in [1.807, 2.05) is 23.1 Å². The molecule has 0 radical (unpaired) electrons. The number of H-pyrrole nitrogens is 1. The highest BCUT2D eigenvalue weighted by molar-refractivity contribution is 6.04. The zero-order valence-corrected chi connectivity index (χ0v) is 19.5. The summed E-state index contributed by atoms with van der Waals surface area (Å²) in [5, 5.41) is 0. The largest absolute Gasteiger partial charge is 0.465 e. The number of benzene rings is 2. The van der Waals surface area contributed by atoms with Crippen molar-refractivity contribution in [1.82, 2.24) is 24.8 Å². The van der Waals surface area contributed by atoms with Crippen LogP contribution in [0.4, 0.5) is 5.95 Å². The van der Waals surface area contributed by atoms with Crippen LogP contribution in [0.15, 0.2) is 54.9 Å². The minimum absolute atomic E-state index is 0.0659. The Morgan fingerprint density at radius 2 is 1.64 bits per heavy atom. The molecule has 2 aromatic heterocycles. The van der Waals surface area contributed by atoms with Crippen LogP contribution in [0, 0.1) is 0 Å². The Kier molecular flexibility index (Phi) is 6.03. The molecular weight excluding hydrogens is 462 g/mol. The van der Waals surface area contributed by atoms with Crippen LogP contribution >= 0.6 is 0 Å². The summed E-state index contributed by atoms with van der Waals surface area (Å²) in [6, 6.07) is 12.4. The van der Waals surface area contributed by atoms with Gasteiger partial charge in [0.25, 0.3) is 11.8 Å². The van der Waals surface area contributed by atoms with Crippen molar-refractivity contribution in [3.63, 3.8) is 0 Å². The number of nitrogens with zero attached hydrogens (tertiary/aromatic N) is 5. The summed E-state index contributed by atoms with van der Waals surface area (Å²) < 4.78 is 4.66. The molecule has 2 amide bonds. The first kappa shape index (κ1) is 23.0. The van der Waals surface area contributed by atoms with Crippen molar-refractivity contribution in [3.8, 4) is 11.4 Å². The van der Waals surface area contributed by atoms with E-state index in [4.69, 9.17) is 5.73 Å². The van der Waals surface area contributed by atoms with Crippen LogP contribution in [0.3, 0.4) is 0 Å². The Morgan fingerprint density at radius 3 is 2.28 bits per heavy atom. The van der Waals surface area contributed by atoms with E-state index in [1.54, 1.807) is 29.2 Å². The maximum atomic E-state index is 13.1. The molecule has 11 heteroatoms. The highest BCUT2D eigenvalue weighted by Crippen LogP contribution is 2.24. The Morgan fingerprint density at radius 1 is 0.944 bits per heavy atom. The van der Waals surface area contributed by atoms with Crippen molar-refractivity contribution in [1.29, 1.82) is 0 Å². The smallest absolute Gasteiger partial charge is 0.341 e. The number of piperazine rings is 1. The van der Waals surface area contributed by atoms with Gasteiger partial charge in [-0.3, -0.25) is 9.59 Å². The number of fused-ring (bicyclic) bond motifs is 1. The number of anilines is 1. The zero-order valence-electron chi connectivity index (χ0n) is 19.5. The second kappa shape index (κ2) is 9.45. The third-order valence-electron chi connectivity index (χ3n) is 6.09. The fourth-order valence-electron chi connectivity index (χ4n) is 4.14. The highest BCUT2D eigenvalue weighted by Gasteiger charge is 2.24. The van der Waals surface area contributed by atoms with Crippen LogP contribution in [0.25, 0.3) is 22.4 Å². The van der Waals surface area contributed by atoms with Crippen LogP contribution in [-0.2, 0) is 4.74 Å². The lowest BCUT2D eigenvalue weighted by Crippen LogP contribution is -2.49. The van der Waals surface area contributed by atoms with Gasteiger partial charge in [-0.2, -0.15) is 0 Å². The van der Waals surface area contributed by atoms with Gasteiger partial charge in [-0.25, -0.2) is 19.7 Å². The fourth-order valence-corrected chi connectivity index (χ4v) is 4.14. The molecule has 3 heterocycles. The number of hydrogen-bond donors (Lipinski definition) is 2. The molecule has 1 saturated heterocycles. The molecule has 1 aliphatic rings. The molecule has 4 aromatic rings. The number of imidazole rings is 1. The standard InChI is InChI=1S/C25H23N7O4/c1-36-24(35)17-13-27-25(28-14-17)32-11-9-31(10-12-32)23(34)16-7-5-15(6-8-16)22-29-19-4-2-3-18(21(26)33)20(19)30-22/h2-8,13-14H,9-12H2,1H3,(H2,26,33)(H,29,30). The van der Waals surface area contributed by atoms with E-state index >= 15 is 0 Å². The van der Waals surface area contributed by atoms with E-state index < -0.39 is 11.9 Å². The molecule has 1 fully saturated rings. The number of rotatable bonds is 5. The predicted molar refractivity (Wildman–Crippen MR) is 132 cm³/mol. The van der Waals surface area contributed by atoms with Gasteiger partial charge in [-0.1, -0.05) is 18.2 Å². The van der Waals surface area contributed by atoms with Crippen molar-refractivity contribution in [3.05, 3.63) is 71.5 Å². The maximum Gasteiger partial charge on any atom is 0.341 e. The lowest BCUT2D eigenvalue weighted by atomic mass is 10.1. The number of methoxy groups -OCH3 is 1. The SMILES string of the molecule is COC(=O)c1cnc(N2CCN(C(=O)c3ccc(-c4nc5c(C(N)=O)cccc5[nH]4)cc3)CC2)nc1. The van der Waals surface area contributed by atoms with Crippen molar-refractivity contribution < 1.29 is 19.1 Å². The minimum Gasteiger partial charge on any atom is -0.465 e. The summed E-state index contributed by atoms with van der Waals surface area (Å²) in [7, 11) is 1.31. The number of carbonyl (C=O) groups is 3. The first-order chi connectivity index (χ1) is 17.4. The molecule has 182 valence electrons. The molecule has 0 spiro atoms. The number of para-hydroxylation sites is 1. The third-order valence-corrected chi connectivity index (χ3v) is 6.09. The van der Waals surface area contributed by atoms with Crippen LogP contribution in [-0.4, -0.2) is 75.9 Å². The van der Waals surface area contributed by atoms with Crippen LogP contribution in [0.2, 0.25) is 0 Å². The number of ether oxygens (including phenoxy) is 1. The van der Waals surface area contributed by atoms with Gasteiger partial charge in [0.05, 0.1) is 23.8 Å². The zero-order chi connectivity index (χ0) is 25.2. The molecule has 36 heavy (non-hydrogen) atoms. The number of aromatic amines is 1. The topological polar surface area (TPSA) is 147 Å². The van der Waals surface area contributed by atoms with Crippen molar-refractivity contribution in [2.45, 2.75) is 0 Å². The summed E-state index contributed by atoms with van der Waals surface area (Å²) in [5.74, 6) is 0.000855. The molecule has 1 aliphatic heterocycles. The van der Waals surface area contributed by atoms with Gasteiger partial charge >= 0.3 is 5.97 Å². The van der Waals surface area contributed by atoms with E-state index in [1.165, 1.54) is 19.5 Å². The average molecular weight is 486 g/mol. The van der Waals surface area contributed by atoms with E-state index in [0.717, 1.165) is 5.56 Å². The van der Waals surface area contributed by atoms with Gasteiger partial charge in [-0.15, -0.1) is 0 Å². The normalized spacial score (nSPS) is 13.6. The Bertz CT molecular complexity index is 1440. The van der Waals surface area contributed by atoms with Gasteiger partial charge < -0.3 is 25.3 Å². The summed E-state index contributed by atoms with van der Waals surface area (Å²) in [6.45, 7) is 2.18. The fraction of sp³-hybridized carbons (Fsp3) is 0.200. The monoisotopic (exact) mass is 485 g/mol.